The molecule has 1 aromatic rings. The molecule has 1 atom stereocenters. The molecule has 6 nitrogen and oxygen atoms in total. The highest BCUT2D eigenvalue weighted by molar-refractivity contribution is 5.44. The number of carbonyl (C=O) groups is 1. The molecular weight excluding hydrogens is 232 g/mol. The van der Waals surface area contributed by atoms with Gasteiger partial charge in [-0.05, 0) is 13.8 Å². The van der Waals surface area contributed by atoms with Crippen LogP contribution in [0.2, 0.25) is 0 Å². The van der Waals surface area contributed by atoms with Gasteiger partial charge in [-0.15, -0.1) is 0 Å². The molecular formula is C12H20N4O2. The predicted molar refractivity (Wildman–Crippen MR) is 66.7 cm³/mol. The number of hydrogen-bond acceptors (Lipinski definition) is 4. The summed E-state index contributed by atoms with van der Waals surface area (Å²) in [7, 11) is 1.58. The lowest BCUT2D eigenvalue weighted by Gasteiger charge is -2.19. The van der Waals surface area contributed by atoms with Crippen molar-refractivity contribution in [2.24, 2.45) is 0 Å². The molecule has 18 heavy (non-hydrogen) atoms. The summed E-state index contributed by atoms with van der Waals surface area (Å²) in [5, 5.41) is 9.22. The van der Waals surface area contributed by atoms with Crippen LogP contribution in [0.5, 0.6) is 0 Å². The average molecular weight is 252 g/mol. The fourth-order valence-corrected chi connectivity index (χ4v) is 2.20. The first-order chi connectivity index (χ1) is 8.61. The van der Waals surface area contributed by atoms with Gasteiger partial charge in [-0.2, -0.15) is 5.10 Å². The monoisotopic (exact) mass is 252 g/mol. The molecule has 1 amide bonds. The van der Waals surface area contributed by atoms with E-state index in [0.717, 1.165) is 13.0 Å². The molecule has 0 saturated carbocycles. The van der Waals surface area contributed by atoms with E-state index >= 15 is 0 Å². The van der Waals surface area contributed by atoms with Crippen molar-refractivity contribution < 1.29 is 9.63 Å². The molecule has 1 aliphatic rings. The highest BCUT2D eigenvalue weighted by atomic mass is 16.7. The zero-order valence-corrected chi connectivity index (χ0v) is 11.1. The summed E-state index contributed by atoms with van der Waals surface area (Å²) in [6.45, 7) is 6.23. The Morgan fingerprint density at radius 3 is 3.17 bits per heavy atom. The van der Waals surface area contributed by atoms with Crippen LogP contribution >= 0.6 is 0 Å². The molecule has 0 fully saturated rings. The Kier molecular flexibility index (Phi) is 3.98. The first-order valence-corrected chi connectivity index (χ1v) is 6.21. The van der Waals surface area contributed by atoms with Crippen molar-refractivity contribution in [1.82, 2.24) is 20.2 Å². The van der Waals surface area contributed by atoms with Crippen LogP contribution in [-0.4, -0.2) is 41.0 Å². The van der Waals surface area contributed by atoms with Crippen molar-refractivity contribution >= 4 is 6.41 Å². The van der Waals surface area contributed by atoms with Gasteiger partial charge in [-0.1, -0.05) is 0 Å². The topological polar surface area (TPSA) is 59.4 Å². The van der Waals surface area contributed by atoms with Crippen LogP contribution in [0.1, 0.15) is 23.9 Å². The van der Waals surface area contributed by atoms with Crippen LogP contribution in [0.4, 0.5) is 0 Å². The van der Waals surface area contributed by atoms with Gasteiger partial charge >= 0.3 is 0 Å². The average Bonchev–Trinajstić information content (AvgIpc) is 2.65. The van der Waals surface area contributed by atoms with Crippen LogP contribution in [0.3, 0.4) is 0 Å². The van der Waals surface area contributed by atoms with E-state index in [1.165, 1.54) is 22.0 Å². The number of fused-ring (bicyclic) bond motifs is 1. The maximum absolute atomic E-state index is 10.4. The third kappa shape index (κ3) is 2.70. The highest BCUT2D eigenvalue weighted by Crippen LogP contribution is 2.19. The van der Waals surface area contributed by atoms with Gasteiger partial charge in [-0.25, -0.2) is 5.06 Å². The van der Waals surface area contributed by atoms with Crippen molar-refractivity contribution in [3.63, 3.8) is 0 Å². The van der Waals surface area contributed by atoms with Crippen molar-refractivity contribution in [3.05, 3.63) is 17.0 Å². The van der Waals surface area contributed by atoms with E-state index in [1.54, 1.807) is 7.05 Å². The predicted octanol–water partition coefficient (Wildman–Crippen LogP) is 0.246. The minimum absolute atomic E-state index is 0.444. The van der Waals surface area contributed by atoms with E-state index in [1.807, 2.05) is 4.68 Å². The van der Waals surface area contributed by atoms with Crippen molar-refractivity contribution in [1.29, 1.82) is 0 Å². The van der Waals surface area contributed by atoms with E-state index < -0.39 is 0 Å². The SMILES string of the molecule is Cc1c2c(nn1CCON(C)C=O)C[C@@H](C)NC2. The molecule has 0 aliphatic carbocycles. The number of rotatable bonds is 5. The van der Waals surface area contributed by atoms with Gasteiger partial charge in [-0.3, -0.25) is 14.3 Å². The van der Waals surface area contributed by atoms with E-state index in [4.69, 9.17) is 4.84 Å². The maximum atomic E-state index is 10.4. The van der Waals surface area contributed by atoms with Crippen LogP contribution in [-0.2, 0) is 29.1 Å². The minimum atomic E-state index is 0.444. The second kappa shape index (κ2) is 5.49. The fourth-order valence-electron chi connectivity index (χ4n) is 2.20. The number of carbonyl (C=O) groups excluding carboxylic acids is 1. The molecule has 0 unspecified atom stereocenters. The van der Waals surface area contributed by atoms with E-state index in [-0.39, 0.29) is 0 Å². The molecule has 2 rings (SSSR count). The van der Waals surface area contributed by atoms with Gasteiger partial charge in [0.25, 0.3) is 0 Å². The lowest BCUT2D eigenvalue weighted by Crippen LogP contribution is -2.32. The number of hydrogen-bond donors (Lipinski definition) is 1. The molecule has 6 heteroatoms. The molecule has 0 saturated heterocycles. The fraction of sp³-hybridized carbons (Fsp3) is 0.667. The molecule has 0 spiro atoms. The third-order valence-electron chi connectivity index (χ3n) is 3.29. The van der Waals surface area contributed by atoms with Crippen molar-refractivity contribution in [3.8, 4) is 0 Å². The molecule has 1 aromatic heterocycles. The first kappa shape index (κ1) is 13.0. The van der Waals surface area contributed by atoms with Gasteiger partial charge in [0.2, 0.25) is 6.41 Å². The highest BCUT2D eigenvalue weighted by Gasteiger charge is 2.21. The van der Waals surface area contributed by atoms with E-state index in [0.29, 0.717) is 25.6 Å². The Balaban J connectivity index is 1.99. The van der Waals surface area contributed by atoms with Gasteiger partial charge in [0.1, 0.15) is 0 Å². The summed E-state index contributed by atoms with van der Waals surface area (Å²) in [5.74, 6) is 0. The van der Waals surface area contributed by atoms with Crippen LogP contribution < -0.4 is 5.32 Å². The van der Waals surface area contributed by atoms with E-state index in [2.05, 4.69) is 24.3 Å². The summed E-state index contributed by atoms with van der Waals surface area (Å²) in [5.41, 5.74) is 3.67. The molecule has 1 aliphatic heterocycles. The minimum Gasteiger partial charge on any atom is -0.310 e. The Hall–Kier alpha value is -1.40. The number of amides is 1. The lowest BCUT2D eigenvalue weighted by molar-refractivity contribution is -0.164. The Morgan fingerprint density at radius 1 is 1.67 bits per heavy atom. The quantitative estimate of drug-likeness (QED) is 0.602. The second-order valence-electron chi connectivity index (χ2n) is 4.70. The molecule has 0 bridgehead atoms. The Labute approximate surface area is 107 Å². The third-order valence-corrected chi connectivity index (χ3v) is 3.29. The van der Waals surface area contributed by atoms with Gasteiger partial charge in [0.05, 0.1) is 18.8 Å². The number of nitrogens with zero attached hydrogens (tertiary/aromatic N) is 3. The summed E-state index contributed by atoms with van der Waals surface area (Å²) >= 11 is 0. The Morgan fingerprint density at radius 2 is 2.44 bits per heavy atom. The van der Waals surface area contributed by atoms with Crippen LogP contribution in [0.25, 0.3) is 0 Å². The Bertz CT molecular complexity index is 430. The van der Waals surface area contributed by atoms with Gasteiger partial charge in [0.15, 0.2) is 0 Å². The largest absolute Gasteiger partial charge is 0.310 e. The lowest BCUT2D eigenvalue weighted by atomic mass is 10.0. The van der Waals surface area contributed by atoms with Crippen molar-refractivity contribution in [2.75, 3.05) is 13.7 Å². The summed E-state index contributed by atoms with van der Waals surface area (Å²) < 4.78 is 1.96. The second-order valence-corrected chi connectivity index (χ2v) is 4.70. The standard InChI is InChI=1S/C12H20N4O2/c1-9-6-12-11(7-13-9)10(2)16(14-12)4-5-18-15(3)8-17/h8-9,13H,4-7H2,1-3H3/t9-/m1/s1. The molecule has 1 N–H and O–H groups in total. The maximum Gasteiger partial charge on any atom is 0.233 e. The zero-order valence-electron chi connectivity index (χ0n) is 11.1. The summed E-state index contributed by atoms with van der Waals surface area (Å²) in [4.78, 5) is 15.6. The summed E-state index contributed by atoms with van der Waals surface area (Å²) in [6, 6.07) is 0.484. The van der Waals surface area contributed by atoms with E-state index in [9.17, 15) is 4.79 Å². The number of aromatic nitrogens is 2. The molecule has 100 valence electrons. The molecule has 2 heterocycles. The molecule has 0 radical (unpaired) electrons. The smallest absolute Gasteiger partial charge is 0.233 e. The number of nitrogens with one attached hydrogen (secondary N) is 1. The van der Waals surface area contributed by atoms with Crippen LogP contribution in [0.15, 0.2) is 0 Å². The molecule has 0 aromatic carbocycles. The number of hydroxylamine groups is 2. The van der Waals surface area contributed by atoms with Crippen molar-refractivity contribution in [2.45, 2.75) is 39.4 Å². The van der Waals surface area contributed by atoms with Gasteiger partial charge < -0.3 is 5.32 Å². The summed E-state index contributed by atoms with van der Waals surface area (Å²) in [6.07, 6.45) is 1.62. The first-order valence-electron chi connectivity index (χ1n) is 6.21. The van der Waals surface area contributed by atoms with Crippen LogP contribution in [0, 0.1) is 6.92 Å². The van der Waals surface area contributed by atoms with Gasteiger partial charge in [0, 0.05) is 37.3 Å². The zero-order chi connectivity index (χ0) is 13.1. The normalized spacial score (nSPS) is 18.5.